The van der Waals surface area contributed by atoms with Gasteiger partial charge in [0.25, 0.3) is 0 Å². The number of Topliss-reactive ketones (excluding diaryl/α,β-unsaturated/α-hetero) is 1. The van der Waals surface area contributed by atoms with Gasteiger partial charge in [0, 0.05) is 49.8 Å². The van der Waals surface area contributed by atoms with Crippen molar-refractivity contribution in [2.75, 3.05) is 44.7 Å². The number of carbonyl (C=O) groups excluding carboxylic acids is 1. The Kier molecular flexibility index (Phi) is 4.96. The zero-order valence-electron chi connectivity index (χ0n) is 13.7. The van der Waals surface area contributed by atoms with Crippen molar-refractivity contribution >= 4 is 11.5 Å². The molecule has 1 saturated heterocycles. The van der Waals surface area contributed by atoms with E-state index < -0.39 is 0 Å². The van der Waals surface area contributed by atoms with Crippen LogP contribution in [0.1, 0.15) is 10.4 Å². The monoisotopic (exact) mass is 327 g/mol. The van der Waals surface area contributed by atoms with E-state index >= 15 is 0 Å². The normalized spacial score (nSPS) is 15.3. The quantitative estimate of drug-likeness (QED) is 0.845. The van der Waals surface area contributed by atoms with Crippen LogP contribution >= 0.6 is 0 Å². The van der Waals surface area contributed by atoms with Crippen molar-refractivity contribution in [3.8, 4) is 11.5 Å². The first-order valence-corrected chi connectivity index (χ1v) is 7.95. The molecular weight excluding hydrogens is 306 g/mol. The first-order chi connectivity index (χ1) is 11.7. The van der Waals surface area contributed by atoms with E-state index in [1.807, 2.05) is 12.1 Å². The third-order valence-electron chi connectivity index (χ3n) is 4.27. The number of anilines is 1. The predicted octanol–water partition coefficient (Wildman–Crippen LogP) is 1.80. The number of piperazine rings is 1. The van der Waals surface area contributed by atoms with Crippen LogP contribution in [0, 0.1) is 0 Å². The summed E-state index contributed by atoms with van der Waals surface area (Å²) in [7, 11) is 1.47. The lowest BCUT2D eigenvalue weighted by atomic mass is 10.1. The summed E-state index contributed by atoms with van der Waals surface area (Å²) in [6, 6.07) is 8.72. The van der Waals surface area contributed by atoms with Gasteiger partial charge in [-0.2, -0.15) is 0 Å². The van der Waals surface area contributed by atoms with E-state index in [-0.39, 0.29) is 11.5 Å². The Hall–Kier alpha value is -2.60. The smallest absolute Gasteiger partial charge is 0.176 e. The lowest BCUT2D eigenvalue weighted by molar-refractivity contribution is 0.0926. The number of ketones is 1. The fraction of sp³-hybridized carbons (Fsp3) is 0.333. The first kappa shape index (κ1) is 16.3. The van der Waals surface area contributed by atoms with Crippen LogP contribution in [-0.2, 0) is 0 Å². The molecule has 1 aromatic heterocycles. The second kappa shape index (κ2) is 7.31. The average molecular weight is 327 g/mol. The Balaban J connectivity index is 1.57. The Labute approximate surface area is 141 Å². The topological polar surface area (TPSA) is 65.9 Å². The molecule has 0 radical (unpaired) electrons. The van der Waals surface area contributed by atoms with Gasteiger partial charge in [-0.1, -0.05) is 0 Å². The molecule has 6 heteroatoms. The molecular formula is C18H21N3O3. The summed E-state index contributed by atoms with van der Waals surface area (Å²) in [5.41, 5.74) is 1.72. The highest BCUT2D eigenvalue weighted by molar-refractivity contribution is 5.98. The second-order valence-electron chi connectivity index (χ2n) is 5.78. The van der Waals surface area contributed by atoms with Gasteiger partial charge in [0.15, 0.2) is 17.3 Å². The molecule has 0 atom stereocenters. The number of phenolic OH excluding ortho intramolecular Hbond substituents is 1. The summed E-state index contributed by atoms with van der Waals surface area (Å²) in [5, 5.41) is 9.62. The van der Waals surface area contributed by atoms with Crippen LogP contribution < -0.4 is 9.64 Å². The third kappa shape index (κ3) is 3.65. The highest BCUT2D eigenvalue weighted by Gasteiger charge is 2.20. The molecule has 1 N–H and O–H groups in total. The van der Waals surface area contributed by atoms with E-state index in [9.17, 15) is 9.90 Å². The van der Waals surface area contributed by atoms with Crippen LogP contribution in [-0.4, -0.2) is 60.6 Å². The van der Waals surface area contributed by atoms with Gasteiger partial charge in [-0.05, 0) is 30.3 Å². The van der Waals surface area contributed by atoms with Crippen molar-refractivity contribution in [3.05, 3.63) is 48.3 Å². The van der Waals surface area contributed by atoms with E-state index in [0.717, 1.165) is 26.2 Å². The van der Waals surface area contributed by atoms with Crippen LogP contribution in [0.3, 0.4) is 0 Å². The molecule has 24 heavy (non-hydrogen) atoms. The SMILES string of the molecule is COc1cc(C(=O)CN2CCN(c3ccncc3)CC2)ccc1O. The van der Waals surface area contributed by atoms with Gasteiger partial charge < -0.3 is 14.7 Å². The van der Waals surface area contributed by atoms with Crippen LogP contribution in [0.2, 0.25) is 0 Å². The minimum absolute atomic E-state index is 0.0330. The third-order valence-corrected chi connectivity index (χ3v) is 4.27. The van der Waals surface area contributed by atoms with Crippen molar-refractivity contribution in [2.24, 2.45) is 0 Å². The lowest BCUT2D eigenvalue weighted by Gasteiger charge is -2.35. The Morgan fingerprint density at radius 2 is 1.88 bits per heavy atom. The number of aromatic nitrogens is 1. The summed E-state index contributed by atoms with van der Waals surface area (Å²) >= 11 is 0. The number of methoxy groups -OCH3 is 1. The zero-order chi connectivity index (χ0) is 16.9. The highest BCUT2D eigenvalue weighted by Crippen LogP contribution is 2.26. The number of ether oxygens (including phenoxy) is 1. The van der Waals surface area contributed by atoms with Crippen molar-refractivity contribution in [1.29, 1.82) is 0 Å². The van der Waals surface area contributed by atoms with Crippen LogP contribution in [0.4, 0.5) is 5.69 Å². The molecule has 0 bridgehead atoms. The molecule has 0 aliphatic carbocycles. The van der Waals surface area contributed by atoms with Gasteiger partial charge in [0.05, 0.1) is 13.7 Å². The zero-order valence-corrected chi connectivity index (χ0v) is 13.7. The highest BCUT2D eigenvalue weighted by atomic mass is 16.5. The molecule has 0 saturated carbocycles. The second-order valence-corrected chi connectivity index (χ2v) is 5.78. The van der Waals surface area contributed by atoms with E-state index in [4.69, 9.17) is 4.74 Å². The number of nitrogens with zero attached hydrogens (tertiary/aromatic N) is 3. The van der Waals surface area contributed by atoms with E-state index in [0.29, 0.717) is 17.9 Å². The summed E-state index contributed by atoms with van der Waals surface area (Å²) in [6.07, 6.45) is 3.59. The molecule has 0 amide bonds. The molecule has 1 aliphatic rings. The van der Waals surface area contributed by atoms with Crippen LogP contribution in [0.5, 0.6) is 11.5 Å². The van der Waals surface area contributed by atoms with E-state index in [2.05, 4.69) is 14.8 Å². The van der Waals surface area contributed by atoms with Gasteiger partial charge >= 0.3 is 0 Å². The van der Waals surface area contributed by atoms with Crippen LogP contribution in [0.15, 0.2) is 42.7 Å². The maximum Gasteiger partial charge on any atom is 0.176 e. The number of benzene rings is 1. The number of pyridine rings is 1. The summed E-state index contributed by atoms with van der Waals surface area (Å²) in [4.78, 5) is 20.9. The van der Waals surface area contributed by atoms with Crippen LogP contribution in [0.25, 0.3) is 0 Å². The maximum absolute atomic E-state index is 12.4. The number of carbonyl (C=O) groups is 1. The Bertz CT molecular complexity index is 698. The minimum Gasteiger partial charge on any atom is -0.504 e. The predicted molar refractivity (Wildman–Crippen MR) is 91.9 cm³/mol. The molecule has 0 spiro atoms. The maximum atomic E-state index is 12.4. The fourth-order valence-electron chi connectivity index (χ4n) is 2.86. The molecule has 2 heterocycles. The van der Waals surface area contributed by atoms with Gasteiger partial charge in [-0.3, -0.25) is 14.7 Å². The number of aromatic hydroxyl groups is 1. The molecule has 1 aromatic carbocycles. The lowest BCUT2D eigenvalue weighted by Crippen LogP contribution is -2.48. The molecule has 1 aliphatic heterocycles. The van der Waals surface area contributed by atoms with Crippen molar-refractivity contribution in [2.45, 2.75) is 0 Å². The Morgan fingerprint density at radius 3 is 2.54 bits per heavy atom. The van der Waals surface area contributed by atoms with E-state index in [1.165, 1.54) is 18.9 Å². The standard InChI is InChI=1S/C18H21N3O3/c1-24-18-12-14(2-3-16(18)22)17(23)13-20-8-10-21(11-9-20)15-4-6-19-7-5-15/h2-7,12,22H,8-11,13H2,1H3. The summed E-state index contributed by atoms with van der Waals surface area (Å²) in [5.74, 6) is 0.397. The molecule has 126 valence electrons. The van der Waals surface area contributed by atoms with Gasteiger partial charge in [-0.15, -0.1) is 0 Å². The molecule has 3 rings (SSSR count). The van der Waals surface area contributed by atoms with Crippen molar-refractivity contribution in [1.82, 2.24) is 9.88 Å². The molecule has 6 nitrogen and oxygen atoms in total. The van der Waals surface area contributed by atoms with Gasteiger partial charge in [0.2, 0.25) is 0 Å². The Morgan fingerprint density at radius 1 is 1.17 bits per heavy atom. The average Bonchev–Trinajstić information content (AvgIpc) is 2.63. The molecule has 2 aromatic rings. The van der Waals surface area contributed by atoms with Gasteiger partial charge in [-0.25, -0.2) is 0 Å². The molecule has 0 unspecified atom stereocenters. The van der Waals surface area contributed by atoms with E-state index in [1.54, 1.807) is 24.5 Å². The van der Waals surface area contributed by atoms with Gasteiger partial charge in [0.1, 0.15) is 0 Å². The number of hydrogen-bond donors (Lipinski definition) is 1. The number of phenols is 1. The van der Waals surface area contributed by atoms with Crippen molar-refractivity contribution < 1.29 is 14.6 Å². The number of rotatable bonds is 5. The minimum atomic E-state index is 0.0330. The molecule has 1 fully saturated rings. The summed E-state index contributed by atoms with van der Waals surface area (Å²) in [6.45, 7) is 3.82. The first-order valence-electron chi connectivity index (χ1n) is 7.95. The fourth-order valence-corrected chi connectivity index (χ4v) is 2.86. The number of hydrogen-bond acceptors (Lipinski definition) is 6. The van der Waals surface area contributed by atoms with Crippen molar-refractivity contribution in [3.63, 3.8) is 0 Å². The summed E-state index contributed by atoms with van der Waals surface area (Å²) < 4.78 is 5.06. The largest absolute Gasteiger partial charge is 0.504 e.